The summed E-state index contributed by atoms with van der Waals surface area (Å²) in [5.74, 6) is -0.112. The van der Waals surface area contributed by atoms with E-state index >= 15 is 0 Å². The van der Waals surface area contributed by atoms with Gasteiger partial charge in [0, 0.05) is 30.7 Å². The third-order valence-corrected chi connectivity index (χ3v) is 6.03. The lowest BCUT2D eigenvalue weighted by atomic mass is 10.1. The molecule has 0 spiro atoms. The lowest BCUT2D eigenvalue weighted by molar-refractivity contribution is -0.140. The SMILES string of the molecule is CCOC(=O)NC(=N[C@H]1CCCCN(CC(=O)N2CCCC2)C1=O)Nc1ccc2occc2c1. The summed E-state index contributed by atoms with van der Waals surface area (Å²) in [6.45, 7) is 4.00. The maximum absolute atomic E-state index is 13.3. The fraction of sp³-hybridized carbons (Fsp3) is 0.500. The van der Waals surface area contributed by atoms with E-state index in [9.17, 15) is 14.4 Å². The molecule has 0 saturated carbocycles. The number of nitrogens with one attached hydrogen (secondary N) is 2. The number of carbonyl (C=O) groups excluding carboxylic acids is 3. The largest absolute Gasteiger partial charge is 0.464 e. The molecule has 2 aliphatic heterocycles. The molecule has 2 saturated heterocycles. The summed E-state index contributed by atoms with van der Waals surface area (Å²) < 4.78 is 10.4. The fourth-order valence-corrected chi connectivity index (χ4v) is 4.29. The zero-order chi connectivity index (χ0) is 23.9. The molecule has 3 heterocycles. The van der Waals surface area contributed by atoms with Crippen molar-refractivity contribution in [2.24, 2.45) is 4.99 Å². The van der Waals surface area contributed by atoms with Crippen LogP contribution in [0.3, 0.4) is 0 Å². The van der Waals surface area contributed by atoms with Gasteiger partial charge in [-0.2, -0.15) is 0 Å². The number of fused-ring (bicyclic) bond motifs is 1. The Kier molecular flexibility index (Phi) is 7.66. The van der Waals surface area contributed by atoms with Gasteiger partial charge in [0.2, 0.25) is 17.8 Å². The molecule has 3 amide bonds. The van der Waals surface area contributed by atoms with Crippen molar-refractivity contribution in [2.45, 2.75) is 45.1 Å². The Morgan fingerprint density at radius 1 is 1.15 bits per heavy atom. The number of ether oxygens (including phenoxy) is 1. The first-order valence-electron chi connectivity index (χ1n) is 11.9. The molecular formula is C24H31N5O5. The molecule has 34 heavy (non-hydrogen) atoms. The van der Waals surface area contributed by atoms with Crippen LogP contribution in [-0.2, 0) is 14.3 Å². The first kappa shape index (κ1) is 23.6. The number of aliphatic imine (C=N–C) groups is 1. The van der Waals surface area contributed by atoms with Crippen LogP contribution in [0.15, 0.2) is 39.9 Å². The highest BCUT2D eigenvalue weighted by Crippen LogP contribution is 2.21. The summed E-state index contributed by atoms with van der Waals surface area (Å²) in [7, 11) is 0. The van der Waals surface area contributed by atoms with Gasteiger partial charge >= 0.3 is 6.09 Å². The Hall–Kier alpha value is -3.56. The van der Waals surface area contributed by atoms with E-state index in [-0.39, 0.29) is 30.9 Å². The monoisotopic (exact) mass is 469 g/mol. The molecule has 0 radical (unpaired) electrons. The number of guanidine groups is 1. The summed E-state index contributed by atoms with van der Waals surface area (Å²) in [5.41, 5.74) is 1.41. The molecule has 0 aliphatic carbocycles. The van der Waals surface area contributed by atoms with Crippen LogP contribution in [0.1, 0.15) is 39.0 Å². The maximum atomic E-state index is 13.3. The highest BCUT2D eigenvalue weighted by molar-refractivity contribution is 6.04. The average molecular weight is 470 g/mol. The molecule has 0 unspecified atom stereocenters. The first-order chi connectivity index (χ1) is 16.5. The second kappa shape index (κ2) is 11.0. The van der Waals surface area contributed by atoms with Crippen LogP contribution < -0.4 is 10.6 Å². The van der Waals surface area contributed by atoms with E-state index in [1.165, 1.54) is 0 Å². The standard InChI is InChI=1S/C24H31N5O5/c1-2-33-24(32)27-23(25-18-8-9-20-17(15-18)10-14-34-20)26-19-7-3-4-13-29(22(19)31)16-21(30)28-11-5-6-12-28/h8-10,14-15,19H,2-7,11-13,16H2,1H3,(H2,25,26,27,32)/t19-/m0/s1. The van der Waals surface area contributed by atoms with Gasteiger partial charge in [0.15, 0.2) is 0 Å². The topological polar surface area (TPSA) is 116 Å². The molecule has 1 aromatic carbocycles. The number of alkyl carbamates (subject to hydrolysis) is 1. The molecule has 2 N–H and O–H groups in total. The van der Waals surface area contributed by atoms with Crippen LogP contribution >= 0.6 is 0 Å². The van der Waals surface area contributed by atoms with Crippen LogP contribution in [0, 0.1) is 0 Å². The van der Waals surface area contributed by atoms with Crippen LogP contribution in [0.5, 0.6) is 0 Å². The quantitative estimate of drug-likeness (QED) is 0.514. The van der Waals surface area contributed by atoms with Crippen LogP contribution in [0.4, 0.5) is 10.5 Å². The third kappa shape index (κ3) is 5.86. The van der Waals surface area contributed by atoms with Crippen molar-refractivity contribution in [3.63, 3.8) is 0 Å². The summed E-state index contributed by atoms with van der Waals surface area (Å²) >= 11 is 0. The normalized spacial score (nSPS) is 19.3. The third-order valence-electron chi connectivity index (χ3n) is 6.03. The predicted molar refractivity (Wildman–Crippen MR) is 127 cm³/mol. The lowest BCUT2D eigenvalue weighted by Crippen LogP contribution is -2.45. The average Bonchev–Trinajstić information content (AvgIpc) is 3.49. The molecule has 2 fully saturated rings. The van der Waals surface area contributed by atoms with E-state index in [0.717, 1.165) is 49.7 Å². The highest BCUT2D eigenvalue weighted by Gasteiger charge is 2.30. The number of likely N-dealkylation sites (tertiary alicyclic amines) is 2. The molecular weight excluding hydrogens is 438 g/mol. The molecule has 182 valence electrons. The van der Waals surface area contributed by atoms with Crippen LogP contribution in [0.2, 0.25) is 0 Å². The fourth-order valence-electron chi connectivity index (χ4n) is 4.29. The van der Waals surface area contributed by atoms with Crippen molar-refractivity contribution in [2.75, 3.05) is 38.1 Å². The number of amides is 3. The van der Waals surface area contributed by atoms with Crippen molar-refractivity contribution in [1.29, 1.82) is 0 Å². The van der Waals surface area contributed by atoms with E-state index in [1.807, 2.05) is 23.1 Å². The minimum absolute atomic E-state index is 0.0214. The van der Waals surface area contributed by atoms with Crippen LogP contribution in [-0.4, -0.2) is 72.5 Å². The highest BCUT2D eigenvalue weighted by atomic mass is 16.5. The van der Waals surface area contributed by atoms with Crippen molar-refractivity contribution >= 4 is 40.5 Å². The van der Waals surface area contributed by atoms with E-state index in [4.69, 9.17) is 9.15 Å². The maximum Gasteiger partial charge on any atom is 0.413 e. The van der Waals surface area contributed by atoms with Crippen molar-refractivity contribution in [3.05, 3.63) is 30.5 Å². The molecule has 0 bridgehead atoms. The van der Waals surface area contributed by atoms with Gasteiger partial charge in [0.25, 0.3) is 0 Å². The van der Waals surface area contributed by atoms with Gasteiger partial charge in [-0.3, -0.25) is 14.9 Å². The summed E-state index contributed by atoms with van der Waals surface area (Å²) in [6, 6.07) is 6.58. The van der Waals surface area contributed by atoms with Gasteiger partial charge in [-0.15, -0.1) is 0 Å². The second-order valence-electron chi connectivity index (χ2n) is 8.48. The summed E-state index contributed by atoms with van der Waals surface area (Å²) in [6.07, 6.45) is 5.07. The molecule has 10 heteroatoms. The Morgan fingerprint density at radius 2 is 1.94 bits per heavy atom. The number of furan rings is 1. The molecule has 2 aromatic rings. The lowest BCUT2D eigenvalue weighted by Gasteiger charge is -2.25. The molecule has 1 aromatic heterocycles. The van der Waals surface area contributed by atoms with Gasteiger partial charge < -0.3 is 24.3 Å². The van der Waals surface area contributed by atoms with Crippen molar-refractivity contribution < 1.29 is 23.5 Å². The Labute approximate surface area is 198 Å². The molecule has 2 aliphatic rings. The predicted octanol–water partition coefficient (Wildman–Crippen LogP) is 2.95. The number of rotatable bonds is 5. The molecule has 1 atom stereocenters. The smallest absolute Gasteiger partial charge is 0.413 e. The summed E-state index contributed by atoms with van der Waals surface area (Å²) in [5, 5.41) is 6.58. The summed E-state index contributed by atoms with van der Waals surface area (Å²) in [4.78, 5) is 46.1. The number of hydrogen-bond acceptors (Lipinski definition) is 6. The number of benzene rings is 1. The first-order valence-corrected chi connectivity index (χ1v) is 11.9. The number of nitrogens with zero attached hydrogens (tertiary/aromatic N) is 3. The van der Waals surface area contributed by atoms with Gasteiger partial charge in [-0.25, -0.2) is 9.79 Å². The van der Waals surface area contributed by atoms with Gasteiger partial charge in [0.1, 0.15) is 11.6 Å². The van der Waals surface area contributed by atoms with E-state index in [2.05, 4.69) is 15.6 Å². The Morgan fingerprint density at radius 3 is 2.74 bits per heavy atom. The molecule has 4 rings (SSSR count). The van der Waals surface area contributed by atoms with Gasteiger partial charge in [-0.05, 0) is 63.3 Å². The molecule has 10 nitrogen and oxygen atoms in total. The van der Waals surface area contributed by atoms with Crippen molar-refractivity contribution in [3.8, 4) is 0 Å². The number of anilines is 1. The second-order valence-corrected chi connectivity index (χ2v) is 8.48. The van der Waals surface area contributed by atoms with E-state index in [1.54, 1.807) is 24.2 Å². The van der Waals surface area contributed by atoms with Crippen molar-refractivity contribution in [1.82, 2.24) is 15.1 Å². The minimum Gasteiger partial charge on any atom is -0.464 e. The van der Waals surface area contributed by atoms with Gasteiger partial charge in [-0.1, -0.05) is 0 Å². The zero-order valence-electron chi connectivity index (χ0n) is 19.4. The zero-order valence-corrected chi connectivity index (χ0v) is 19.4. The van der Waals surface area contributed by atoms with Crippen LogP contribution in [0.25, 0.3) is 11.0 Å². The Bertz CT molecular complexity index is 1060. The minimum atomic E-state index is -0.712. The Balaban J connectivity index is 1.52. The van der Waals surface area contributed by atoms with E-state index in [0.29, 0.717) is 18.7 Å². The number of hydrogen-bond donors (Lipinski definition) is 2. The van der Waals surface area contributed by atoms with Gasteiger partial charge in [0.05, 0.1) is 19.4 Å². The van der Waals surface area contributed by atoms with E-state index < -0.39 is 12.1 Å². The number of carbonyl (C=O) groups is 3.